The van der Waals surface area contributed by atoms with Crippen LogP contribution in [0.3, 0.4) is 0 Å². The average molecular weight is 300 g/mol. The Hall–Kier alpha value is -1.72. The van der Waals surface area contributed by atoms with E-state index < -0.39 is 0 Å². The van der Waals surface area contributed by atoms with Gasteiger partial charge in [-0.2, -0.15) is 0 Å². The second kappa shape index (κ2) is 7.03. The fourth-order valence-electron chi connectivity index (χ4n) is 3.28. The van der Waals surface area contributed by atoms with Crippen LogP contribution in [0.4, 0.5) is 0 Å². The van der Waals surface area contributed by atoms with Gasteiger partial charge in [0.05, 0.1) is 18.8 Å². The molecule has 1 fully saturated rings. The van der Waals surface area contributed by atoms with Crippen molar-refractivity contribution in [1.82, 2.24) is 19.7 Å². The number of rotatable bonds is 6. The van der Waals surface area contributed by atoms with Gasteiger partial charge in [0, 0.05) is 12.6 Å². The minimum Gasteiger partial charge on any atom is -0.395 e. The molecule has 0 radical (unpaired) electrons. The smallest absolute Gasteiger partial charge is 0.165 e. The zero-order valence-corrected chi connectivity index (χ0v) is 13.1. The van der Waals surface area contributed by atoms with Crippen molar-refractivity contribution in [2.24, 2.45) is 5.92 Å². The molecule has 1 N–H and O–H groups in total. The van der Waals surface area contributed by atoms with Crippen LogP contribution in [-0.4, -0.2) is 44.0 Å². The Morgan fingerprint density at radius 3 is 2.77 bits per heavy atom. The van der Waals surface area contributed by atoms with Crippen LogP contribution < -0.4 is 0 Å². The number of aliphatic hydroxyl groups excluding tert-OH is 1. The van der Waals surface area contributed by atoms with Crippen molar-refractivity contribution in [3.63, 3.8) is 0 Å². The van der Waals surface area contributed by atoms with Gasteiger partial charge in [-0.15, -0.1) is 5.10 Å². The van der Waals surface area contributed by atoms with E-state index in [-0.39, 0.29) is 6.61 Å². The normalized spacial score (nSPS) is 21.6. The van der Waals surface area contributed by atoms with Crippen LogP contribution in [-0.2, 0) is 6.54 Å². The maximum atomic E-state index is 9.34. The highest BCUT2D eigenvalue weighted by Gasteiger charge is 2.27. The summed E-state index contributed by atoms with van der Waals surface area (Å²) in [5.74, 6) is 1.60. The number of hydrogen-bond acceptors (Lipinski definition) is 4. The Morgan fingerprint density at radius 1 is 1.27 bits per heavy atom. The second-order valence-electron chi connectivity index (χ2n) is 6.21. The number of benzene rings is 1. The van der Waals surface area contributed by atoms with E-state index in [1.165, 1.54) is 19.3 Å². The fourth-order valence-corrected chi connectivity index (χ4v) is 3.28. The molecule has 5 heteroatoms. The molecular formula is C17H24N4O. The van der Waals surface area contributed by atoms with E-state index in [1.54, 1.807) is 6.33 Å². The lowest BCUT2D eigenvalue weighted by atomic mass is 10.1. The highest BCUT2D eigenvalue weighted by Crippen LogP contribution is 2.29. The Labute approximate surface area is 131 Å². The molecule has 1 heterocycles. The predicted octanol–water partition coefficient (Wildman–Crippen LogP) is 2.25. The minimum absolute atomic E-state index is 0.185. The van der Waals surface area contributed by atoms with Crippen LogP contribution in [0.2, 0.25) is 0 Å². The van der Waals surface area contributed by atoms with E-state index >= 15 is 0 Å². The first kappa shape index (κ1) is 15.2. The molecule has 3 rings (SSSR count). The van der Waals surface area contributed by atoms with Crippen molar-refractivity contribution < 1.29 is 5.11 Å². The van der Waals surface area contributed by atoms with Crippen LogP contribution in [0, 0.1) is 5.92 Å². The first-order chi connectivity index (χ1) is 10.8. The summed E-state index contributed by atoms with van der Waals surface area (Å²) < 4.78 is 1.81. The lowest BCUT2D eigenvalue weighted by molar-refractivity contribution is 0.140. The summed E-state index contributed by atoms with van der Waals surface area (Å²) in [4.78, 5) is 6.76. The minimum atomic E-state index is 0.185. The second-order valence-corrected chi connectivity index (χ2v) is 6.21. The number of aromatic nitrogens is 3. The molecular weight excluding hydrogens is 276 g/mol. The summed E-state index contributed by atoms with van der Waals surface area (Å²) >= 11 is 0. The Bertz CT molecular complexity index is 583. The molecule has 0 bridgehead atoms. The fraction of sp³-hybridized carbons (Fsp3) is 0.529. The molecule has 0 spiro atoms. The number of nitrogens with zero attached hydrogens (tertiary/aromatic N) is 4. The lowest BCUT2D eigenvalue weighted by Crippen LogP contribution is -2.35. The van der Waals surface area contributed by atoms with Crippen molar-refractivity contribution in [2.45, 2.75) is 38.8 Å². The van der Waals surface area contributed by atoms with E-state index in [9.17, 15) is 5.11 Å². The SMILES string of the molecule is C[C@H]1CC[C@H](N(CCO)Cc2ncn(-c3ccccc3)n2)C1. The monoisotopic (exact) mass is 300 g/mol. The summed E-state index contributed by atoms with van der Waals surface area (Å²) in [6.07, 6.45) is 5.46. The van der Waals surface area contributed by atoms with E-state index in [2.05, 4.69) is 21.9 Å². The van der Waals surface area contributed by atoms with Crippen LogP contribution in [0.5, 0.6) is 0 Å². The quantitative estimate of drug-likeness (QED) is 0.889. The molecule has 2 atom stereocenters. The third-order valence-corrected chi connectivity index (χ3v) is 4.48. The number of aliphatic hydroxyl groups is 1. The maximum Gasteiger partial charge on any atom is 0.165 e. The molecule has 1 aromatic carbocycles. The summed E-state index contributed by atoms with van der Waals surface area (Å²) in [5, 5.41) is 13.9. The molecule has 0 unspecified atom stereocenters. The van der Waals surface area contributed by atoms with Crippen LogP contribution in [0.25, 0.3) is 5.69 Å². The van der Waals surface area contributed by atoms with E-state index in [4.69, 9.17) is 0 Å². The Balaban J connectivity index is 1.69. The van der Waals surface area contributed by atoms with Gasteiger partial charge in [-0.05, 0) is 37.3 Å². The van der Waals surface area contributed by atoms with Gasteiger partial charge in [0.1, 0.15) is 6.33 Å². The topological polar surface area (TPSA) is 54.2 Å². The maximum absolute atomic E-state index is 9.34. The zero-order chi connectivity index (χ0) is 15.4. The highest BCUT2D eigenvalue weighted by molar-refractivity contribution is 5.29. The standard InChI is InChI=1S/C17H24N4O/c1-14-7-8-16(11-14)20(9-10-22)12-17-18-13-21(19-17)15-5-3-2-4-6-15/h2-6,13-14,16,22H,7-12H2,1H3/t14-,16-/m0/s1. The zero-order valence-electron chi connectivity index (χ0n) is 13.1. The molecule has 118 valence electrons. The third kappa shape index (κ3) is 3.54. The van der Waals surface area contributed by atoms with Crippen LogP contribution >= 0.6 is 0 Å². The van der Waals surface area contributed by atoms with Crippen LogP contribution in [0.15, 0.2) is 36.7 Å². The van der Waals surface area contributed by atoms with E-state index in [0.717, 1.165) is 17.4 Å². The van der Waals surface area contributed by atoms with Gasteiger partial charge >= 0.3 is 0 Å². The molecule has 0 saturated heterocycles. The van der Waals surface area contributed by atoms with Gasteiger partial charge in [0.2, 0.25) is 0 Å². The largest absolute Gasteiger partial charge is 0.395 e. The molecule has 0 amide bonds. The molecule has 2 aromatic rings. The summed E-state index contributed by atoms with van der Waals surface area (Å²) in [6.45, 7) is 3.89. The average Bonchev–Trinajstić information content (AvgIpc) is 3.17. The van der Waals surface area contributed by atoms with Crippen molar-refractivity contribution in [1.29, 1.82) is 0 Å². The van der Waals surface area contributed by atoms with Crippen molar-refractivity contribution in [3.8, 4) is 5.69 Å². The van der Waals surface area contributed by atoms with Crippen molar-refractivity contribution in [2.75, 3.05) is 13.2 Å². The van der Waals surface area contributed by atoms with E-state index in [0.29, 0.717) is 19.1 Å². The molecule has 0 aliphatic heterocycles. The van der Waals surface area contributed by atoms with Crippen molar-refractivity contribution in [3.05, 3.63) is 42.5 Å². The number of hydrogen-bond donors (Lipinski definition) is 1. The summed E-state index contributed by atoms with van der Waals surface area (Å²) in [7, 11) is 0. The first-order valence-corrected chi connectivity index (χ1v) is 8.07. The Morgan fingerprint density at radius 2 is 2.09 bits per heavy atom. The van der Waals surface area contributed by atoms with E-state index in [1.807, 2.05) is 35.0 Å². The van der Waals surface area contributed by atoms with Gasteiger partial charge < -0.3 is 5.11 Å². The van der Waals surface area contributed by atoms with Gasteiger partial charge in [0.15, 0.2) is 5.82 Å². The third-order valence-electron chi connectivity index (χ3n) is 4.48. The Kier molecular flexibility index (Phi) is 4.85. The highest BCUT2D eigenvalue weighted by atomic mass is 16.3. The number of para-hydroxylation sites is 1. The summed E-state index contributed by atoms with van der Waals surface area (Å²) in [6, 6.07) is 10.6. The molecule has 1 aliphatic carbocycles. The van der Waals surface area contributed by atoms with Crippen molar-refractivity contribution >= 4 is 0 Å². The molecule has 5 nitrogen and oxygen atoms in total. The van der Waals surface area contributed by atoms with Gasteiger partial charge in [-0.3, -0.25) is 4.90 Å². The molecule has 1 aliphatic rings. The molecule has 1 saturated carbocycles. The van der Waals surface area contributed by atoms with Gasteiger partial charge in [0.25, 0.3) is 0 Å². The van der Waals surface area contributed by atoms with Gasteiger partial charge in [-0.1, -0.05) is 25.1 Å². The molecule has 22 heavy (non-hydrogen) atoms. The predicted molar refractivity (Wildman–Crippen MR) is 85.7 cm³/mol. The van der Waals surface area contributed by atoms with Gasteiger partial charge in [-0.25, -0.2) is 9.67 Å². The lowest BCUT2D eigenvalue weighted by Gasteiger charge is -2.27. The summed E-state index contributed by atoms with van der Waals surface area (Å²) in [5.41, 5.74) is 1.02. The molecule has 1 aromatic heterocycles. The first-order valence-electron chi connectivity index (χ1n) is 8.07. The van der Waals surface area contributed by atoms with Crippen LogP contribution in [0.1, 0.15) is 32.0 Å².